The molecule has 2 rings (SSSR count). The van der Waals surface area contributed by atoms with Gasteiger partial charge in [0.15, 0.2) is 0 Å². The van der Waals surface area contributed by atoms with Crippen molar-refractivity contribution in [1.82, 2.24) is 4.98 Å². The van der Waals surface area contributed by atoms with E-state index < -0.39 is 0 Å². The molecule has 0 aliphatic rings. The number of hydrogen-bond acceptors (Lipinski definition) is 3. The molecule has 0 atom stereocenters. The summed E-state index contributed by atoms with van der Waals surface area (Å²) in [5, 5.41) is 0. The zero-order valence-electron chi connectivity index (χ0n) is 8.57. The highest BCUT2D eigenvalue weighted by Gasteiger charge is 2.05. The average Bonchev–Trinajstić information content (AvgIpc) is 2.26. The molecule has 0 saturated carbocycles. The summed E-state index contributed by atoms with van der Waals surface area (Å²) in [6.45, 7) is 1.86. The number of nitrogen functional groups attached to an aromatic ring is 2. The average molecular weight is 199 g/mol. The van der Waals surface area contributed by atoms with Crippen molar-refractivity contribution in [3.63, 3.8) is 0 Å². The molecule has 0 spiro atoms. The van der Waals surface area contributed by atoms with Gasteiger partial charge in [0, 0.05) is 5.56 Å². The molecule has 76 valence electrons. The van der Waals surface area contributed by atoms with Crippen LogP contribution in [0, 0.1) is 6.92 Å². The lowest BCUT2D eigenvalue weighted by molar-refractivity contribution is 1.21. The van der Waals surface area contributed by atoms with Crippen LogP contribution < -0.4 is 11.5 Å². The maximum atomic E-state index is 5.79. The first-order valence-electron chi connectivity index (χ1n) is 4.76. The Morgan fingerprint density at radius 2 is 1.73 bits per heavy atom. The first-order valence-corrected chi connectivity index (χ1v) is 4.76. The third kappa shape index (κ3) is 1.76. The molecule has 4 N–H and O–H groups in total. The molecule has 1 aromatic carbocycles. The van der Waals surface area contributed by atoms with Crippen LogP contribution in [-0.4, -0.2) is 4.98 Å². The van der Waals surface area contributed by atoms with Crippen molar-refractivity contribution < 1.29 is 0 Å². The minimum Gasteiger partial charge on any atom is -0.397 e. The predicted molar refractivity (Wildman–Crippen MR) is 63.2 cm³/mol. The van der Waals surface area contributed by atoms with Crippen molar-refractivity contribution >= 4 is 11.4 Å². The molecule has 1 aromatic heterocycles. The van der Waals surface area contributed by atoms with Crippen LogP contribution in [-0.2, 0) is 0 Å². The summed E-state index contributed by atoms with van der Waals surface area (Å²) in [4.78, 5) is 4.40. The molecule has 15 heavy (non-hydrogen) atoms. The molecule has 0 radical (unpaired) electrons. The van der Waals surface area contributed by atoms with Gasteiger partial charge >= 0.3 is 0 Å². The Morgan fingerprint density at radius 3 is 2.33 bits per heavy atom. The number of rotatable bonds is 1. The largest absolute Gasteiger partial charge is 0.397 e. The van der Waals surface area contributed by atoms with Gasteiger partial charge in [-0.15, -0.1) is 0 Å². The fraction of sp³-hybridized carbons (Fsp3) is 0.0833. The van der Waals surface area contributed by atoms with Crippen molar-refractivity contribution in [3.8, 4) is 11.3 Å². The third-order valence-electron chi connectivity index (χ3n) is 2.35. The normalized spacial score (nSPS) is 10.2. The highest BCUT2D eigenvalue weighted by atomic mass is 14.8. The first-order chi connectivity index (χ1) is 7.18. The maximum absolute atomic E-state index is 5.79. The Bertz CT molecular complexity index is 454. The van der Waals surface area contributed by atoms with E-state index in [1.807, 2.05) is 37.3 Å². The molecule has 3 nitrogen and oxygen atoms in total. The number of nitrogens with zero attached hydrogens (tertiary/aromatic N) is 1. The number of aryl methyl sites for hydroxylation is 1. The van der Waals surface area contributed by atoms with E-state index in [1.54, 1.807) is 6.07 Å². The summed E-state index contributed by atoms with van der Waals surface area (Å²) in [7, 11) is 0. The molecule has 0 unspecified atom stereocenters. The number of benzene rings is 1. The minimum atomic E-state index is 0.565. The number of hydrogen-bond donors (Lipinski definition) is 2. The van der Waals surface area contributed by atoms with Gasteiger partial charge in [0.05, 0.1) is 22.8 Å². The molecular formula is C12H13N3. The highest BCUT2D eigenvalue weighted by Crippen LogP contribution is 2.24. The fourth-order valence-electron chi connectivity index (χ4n) is 1.46. The minimum absolute atomic E-state index is 0.565. The third-order valence-corrected chi connectivity index (χ3v) is 2.35. The topological polar surface area (TPSA) is 64.9 Å². The van der Waals surface area contributed by atoms with E-state index >= 15 is 0 Å². The van der Waals surface area contributed by atoms with E-state index in [-0.39, 0.29) is 0 Å². The van der Waals surface area contributed by atoms with E-state index in [0.717, 1.165) is 17.0 Å². The zero-order valence-corrected chi connectivity index (χ0v) is 8.57. The summed E-state index contributed by atoms with van der Waals surface area (Å²) in [5.41, 5.74) is 15.4. The van der Waals surface area contributed by atoms with Crippen LogP contribution in [0.1, 0.15) is 5.69 Å². The van der Waals surface area contributed by atoms with E-state index in [9.17, 15) is 0 Å². The Morgan fingerprint density at radius 1 is 1.07 bits per heavy atom. The van der Waals surface area contributed by atoms with Crippen molar-refractivity contribution in [3.05, 3.63) is 42.1 Å². The van der Waals surface area contributed by atoms with Gasteiger partial charge in [-0.05, 0) is 13.0 Å². The SMILES string of the molecule is Cc1nc(-c2ccccc2)cc(N)c1N. The fourth-order valence-corrected chi connectivity index (χ4v) is 1.46. The summed E-state index contributed by atoms with van der Waals surface area (Å²) >= 11 is 0. The van der Waals surface area contributed by atoms with Gasteiger partial charge in [-0.1, -0.05) is 30.3 Å². The molecule has 3 heteroatoms. The second kappa shape index (κ2) is 3.61. The summed E-state index contributed by atoms with van der Waals surface area (Å²) in [6, 6.07) is 11.7. The number of nitrogens with two attached hydrogens (primary N) is 2. The van der Waals surface area contributed by atoms with Crippen LogP contribution in [0.5, 0.6) is 0 Å². The van der Waals surface area contributed by atoms with Gasteiger partial charge in [0.1, 0.15) is 0 Å². The second-order valence-corrected chi connectivity index (χ2v) is 3.46. The van der Waals surface area contributed by atoms with Crippen molar-refractivity contribution in [2.24, 2.45) is 0 Å². The first kappa shape index (κ1) is 9.52. The van der Waals surface area contributed by atoms with Gasteiger partial charge < -0.3 is 11.5 Å². The molecule has 0 amide bonds. The van der Waals surface area contributed by atoms with Crippen LogP contribution in [0.25, 0.3) is 11.3 Å². The van der Waals surface area contributed by atoms with Crippen molar-refractivity contribution in [2.75, 3.05) is 11.5 Å². The summed E-state index contributed by atoms with van der Waals surface area (Å²) in [6.07, 6.45) is 0. The zero-order chi connectivity index (χ0) is 10.8. The monoisotopic (exact) mass is 199 g/mol. The predicted octanol–water partition coefficient (Wildman–Crippen LogP) is 2.22. The standard InChI is InChI=1S/C12H13N3/c1-8-12(14)10(13)7-11(15-8)9-5-3-2-4-6-9/h2-7H,14H2,1H3,(H2,13,15). The molecule has 2 aromatic rings. The van der Waals surface area contributed by atoms with Crippen LogP contribution in [0.2, 0.25) is 0 Å². The van der Waals surface area contributed by atoms with Crippen molar-refractivity contribution in [1.29, 1.82) is 0 Å². The lowest BCUT2D eigenvalue weighted by atomic mass is 10.1. The lowest BCUT2D eigenvalue weighted by Gasteiger charge is -2.07. The quantitative estimate of drug-likeness (QED) is 0.740. The Balaban J connectivity index is 2.56. The van der Waals surface area contributed by atoms with Crippen LogP contribution >= 0.6 is 0 Å². The smallest absolute Gasteiger partial charge is 0.0764 e. The van der Waals surface area contributed by atoms with Crippen molar-refractivity contribution in [2.45, 2.75) is 6.92 Å². The molecule has 0 fully saturated rings. The van der Waals surface area contributed by atoms with E-state index in [4.69, 9.17) is 11.5 Å². The molecule has 0 saturated heterocycles. The number of anilines is 2. The molecule has 1 heterocycles. The van der Waals surface area contributed by atoms with E-state index in [1.165, 1.54) is 0 Å². The molecule has 0 aliphatic heterocycles. The van der Waals surface area contributed by atoms with Gasteiger partial charge in [-0.3, -0.25) is 4.98 Å². The highest BCUT2D eigenvalue weighted by molar-refractivity contribution is 5.73. The number of pyridine rings is 1. The lowest BCUT2D eigenvalue weighted by Crippen LogP contribution is -2.00. The van der Waals surface area contributed by atoms with Gasteiger partial charge in [-0.2, -0.15) is 0 Å². The second-order valence-electron chi connectivity index (χ2n) is 3.46. The van der Waals surface area contributed by atoms with Crippen LogP contribution in [0.15, 0.2) is 36.4 Å². The summed E-state index contributed by atoms with van der Waals surface area (Å²) in [5.74, 6) is 0. The summed E-state index contributed by atoms with van der Waals surface area (Å²) < 4.78 is 0. The van der Waals surface area contributed by atoms with Crippen LogP contribution in [0.4, 0.5) is 11.4 Å². The van der Waals surface area contributed by atoms with Crippen LogP contribution in [0.3, 0.4) is 0 Å². The van der Waals surface area contributed by atoms with Gasteiger partial charge in [0.25, 0.3) is 0 Å². The molecule has 0 bridgehead atoms. The molecule has 0 aliphatic carbocycles. The van der Waals surface area contributed by atoms with Gasteiger partial charge in [-0.25, -0.2) is 0 Å². The van der Waals surface area contributed by atoms with E-state index in [0.29, 0.717) is 11.4 Å². The Hall–Kier alpha value is -2.03. The Kier molecular flexibility index (Phi) is 2.29. The van der Waals surface area contributed by atoms with E-state index in [2.05, 4.69) is 4.98 Å². The Labute approximate surface area is 88.8 Å². The number of aromatic nitrogens is 1. The molecular weight excluding hydrogens is 186 g/mol. The van der Waals surface area contributed by atoms with Gasteiger partial charge in [0.2, 0.25) is 0 Å². The maximum Gasteiger partial charge on any atom is 0.0764 e.